The van der Waals surface area contributed by atoms with E-state index in [9.17, 15) is 4.79 Å². The van der Waals surface area contributed by atoms with Crippen LogP contribution in [0.5, 0.6) is 0 Å². The van der Waals surface area contributed by atoms with E-state index in [2.05, 4.69) is 17.2 Å². The largest absolute Gasteiger partial charge is 0.388 e. The fourth-order valence-electron chi connectivity index (χ4n) is 2.35. The van der Waals surface area contributed by atoms with Crippen LogP contribution in [0, 0.1) is 0 Å². The van der Waals surface area contributed by atoms with Crippen LogP contribution in [-0.4, -0.2) is 4.98 Å². The van der Waals surface area contributed by atoms with Crippen LogP contribution in [0.15, 0.2) is 57.7 Å². The maximum Gasteiger partial charge on any atom is 0.348 e. The minimum atomic E-state index is -0.370. The van der Waals surface area contributed by atoms with Crippen molar-refractivity contribution in [3.63, 3.8) is 0 Å². The first kappa shape index (κ1) is 14.3. The molecule has 4 nitrogen and oxygen atoms in total. The van der Waals surface area contributed by atoms with E-state index in [1.54, 1.807) is 6.07 Å². The Hall–Kier alpha value is -2.62. The molecule has 0 spiro atoms. The molecule has 0 atom stereocenters. The topological polar surface area (TPSA) is 55.1 Å². The summed E-state index contributed by atoms with van der Waals surface area (Å²) in [7, 11) is 0. The van der Waals surface area contributed by atoms with Gasteiger partial charge in [-0.1, -0.05) is 37.6 Å². The van der Waals surface area contributed by atoms with E-state index in [1.807, 2.05) is 42.5 Å². The van der Waals surface area contributed by atoms with Gasteiger partial charge in [0.25, 0.3) is 0 Å². The van der Waals surface area contributed by atoms with Gasteiger partial charge in [0.15, 0.2) is 0 Å². The molecule has 0 aliphatic rings. The highest BCUT2D eigenvalue weighted by atomic mass is 16.4. The lowest BCUT2D eigenvalue weighted by Gasteiger charge is -2.06. The number of anilines is 2. The van der Waals surface area contributed by atoms with Gasteiger partial charge in [0.2, 0.25) is 0 Å². The number of benzene rings is 2. The zero-order valence-corrected chi connectivity index (χ0v) is 12.5. The van der Waals surface area contributed by atoms with E-state index in [0.717, 1.165) is 24.9 Å². The molecule has 0 fully saturated rings. The third kappa shape index (κ3) is 3.17. The van der Waals surface area contributed by atoms with Gasteiger partial charge < -0.3 is 9.73 Å². The summed E-state index contributed by atoms with van der Waals surface area (Å²) in [6.45, 7) is 2.16. The summed E-state index contributed by atoms with van der Waals surface area (Å²) in [5.74, 6) is 0. The normalized spacial score (nSPS) is 10.8. The van der Waals surface area contributed by atoms with E-state index >= 15 is 0 Å². The Morgan fingerprint density at radius 2 is 1.95 bits per heavy atom. The Labute approximate surface area is 128 Å². The molecule has 0 bridgehead atoms. The summed E-state index contributed by atoms with van der Waals surface area (Å²) in [6.07, 6.45) is 3.26. The van der Waals surface area contributed by atoms with Crippen molar-refractivity contribution in [2.45, 2.75) is 26.2 Å². The number of rotatable bonds is 5. The van der Waals surface area contributed by atoms with E-state index in [4.69, 9.17) is 4.42 Å². The molecular weight excluding hydrogens is 276 g/mol. The first-order valence-corrected chi connectivity index (χ1v) is 7.52. The Bertz CT molecular complexity index is 825. The van der Waals surface area contributed by atoms with Crippen LogP contribution in [-0.2, 0) is 6.42 Å². The lowest BCUT2D eigenvalue weighted by molar-refractivity contribution is 0.522. The molecule has 3 aromatic rings. The second kappa shape index (κ2) is 6.43. The number of nitrogens with one attached hydrogen (secondary N) is 1. The Morgan fingerprint density at radius 1 is 1.14 bits per heavy atom. The summed E-state index contributed by atoms with van der Waals surface area (Å²) < 4.78 is 5.24. The van der Waals surface area contributed by atoms with E-state index in [-0.39, 0.29) is 11.6 Å². The Kier molecular flexibility index (Phi) is 4.19. The maximum atomic E-state index is 12.1. The molecule has 0 unspecified atom stereocenters. The van der Waals surface area contributed by atoms with Crippen LogP contribution in [0.2, 0.25) is 0 Å². The lowest BCUT2D eigenvalue weighted by Crippen LogP contribution is -2.05. The quantitative estimate of drug-likeness (QED) is 0.763. The molecule has 1 aromatic heterocycles. The van der Waals surface area contributed by atoms with Crippen molar-refractivity contribution < 1.29 is 4.42 Å². The number of para-hydroxylation sites is 1. The second-order valence-electron chi connectivity index (χ2n) is 5.25. The molecule has 0 saturated heterocycles. The van der Waals surface area contributed by atoms with Crippen molar-refractivity contribution in [1.82, 2.24) is 4.98 Å². The molecule has 3 rings (SSSR count). The molecular formula is C18H18N2O2. The number of hydrogen-bond donors (Lipinski definition) is 1. The SMILES string of the molecule is CCCCc1ccc2c(=O)oc(Nc3ccccc3)nc2c1. The van der Waals surface area contributed by atoms with Crippen molar-refractivity contribution >= 4 is 22.6 Å². The minimum Gasteiger partial charge on any atom is -0.388 e. The molecule has 1 heterocycles. The molecule has 1 N–H and O–H groups in total. The fraction of sp³-hybridized carbons (Fsp3) is 0.222. The zero-order chi connectivity index (χ0) is 15.4. The van der Waals surface area contributed by atoms with Gasteiger partial charge in [-0.3, -0.25) is 0 Å². The van der Waals surface area contributed by atoms with Crippen molar-refractivity contribution in [2.75, 3.05) is 5.32 Å². The van der Waals surface area contributed by atoms with Crippen molar-refractivity contribution in [2.24, 2.45) is 0 Å². The third-order valence-electron chi connectivity index (χ3n) is 3.54. The second-order valence-corrected chi connectivity index (χ2v) is 5.25. The molecule has 0 amide bonds. The number of nitrogens with zero attached hydrogens (tertiary/aromatic N) is 1. The van der Waals surface area contributed by atoms with Crippen LogP contribution in [0.3, 0.4) is 0 Å². The smallest absolute Gasteiger partial charge is 0.348 e. The molecule has 4 heteroatoms. The van der Waals surface area contributed by atoms with Gasteiger partial charge in [-0.05, 0) is 42.7 Å². The zero-order valence-electron chi connectivity index (χ0n) is 12.5. The number of aromatic nitrogens is 1. The fourth-order valence-corrected chi connectivity index (χ4v) is 2.35. The summed E-state index contributed by atoms with van der Waals surface area (Å²) in [5.41, 5.74) is 2.33. The van der Waals surface area contributed by atoms with Gasteiger partial charge in [-0.15, -0.1) is 0 Å². The van der Waals surface area contributed by atoms with Crippen molar-refractivity contribution in [3.8, 4) is 0 Å². The van der Waals surface area contributed by atoms with Crippen LogP contribution >= 0.6 is 0 Å². The number of aryl methyl sites for hydroxylation is 1. The van der Waals surface area contributed by atoms with Crippen molar-refractivity contribution in [3.05, 3.63) is 64.5 Å². The number of fused-ring (bicyclic) bond motifs is 1. The van der Waals surface area contributed by atoms with Gasteiger partial charge in [0.1, 0.15) is 0 Å². The average molecular weight is 294 g/mol. The highest BCUT2D eigenvalue weighted by Crippen LogP contribution is 2.18. The first-order chi connectivity index (χ1) is 10.8. The van der Waals surface area contributed by atoms with E-state index in [1.165, 1.54) is 5.56 Å². The molecule has 0 saturated carbocycles. The summed E-state index contributed by atoms with van der Waals surface area (Å²) in [5, 5.41) is 3.53. The standard InChI is InChI=1S/C18H18N2O2/c1-2-3-7-13-10-11-15-16(12-13)20-18(22-17(15)21)19-14-8-5-4-6-9-14/h4-6,8-12H,2-3,7H2,1H3,(H,19,20). The summed E-state index contributed by atoms with van der Waals surface area (Å²) in [6, 6.07) is 15.5. The summed E-state index contributed by atoms with van der Waals surface area (Å²) in [4.78, 5) is 16.5. The molecule has 0 aliphatic heterocycles. The minimum absolute atomic E-state index is 0.219. The monoisotopic (exact) mass is 294 g/mol. The molecule has 0 aliphatic carbocycles. The van der Waals surface area contributed by atoms with E-state index in [0.29, 0.717) is 10.9 Å². The number of unbranched alkanes of at least 4 members (excludes halogenated alkanes) is 1. The lowest BCUT2D eigenvalue weighted by atomic mass is 10.1. The highest BCUT2D eigenvalue weighted by molar-refractivity contribution is 5.79. The first-order valence-electron chi connectivity index (χ1n) is 7.52. The third-order valence-corrected chi connectivity index (χ3v) is 3.54. The average Bonchev–Trinajstić information content (AvgIpc) is 2.53. The van der Waals surface area contributed by atoms with Crippen LogP contribution in [0.4, 0.5) is 11.7 Å². The Balaban J connectivity index is 1.96. The summed E-state index contributed by atoms with van der Waals surface area (Å²) >= 11 is 0. The van der Waals surface area contributed by atoms with Gasteiger partial charge in [0.05, 0.1) is 10.9 Å². The van der Waals surface area contributed by atoms with Gasteiger partial charge >= 0.3 is 11.6 Å². The van der Waals surface area contributed by atoms with Gasteiger partial charge in [-0.25, -0.2) is 4.79 Å². The molecule has 112 valence electrons. The molecule has 2 aromatic carbocycles. The molecule has 22 heavy (non-hydrogen) atoms. The highest BCUT2D eigenvalue weighted by Gasteiger charge is 2.07. The van der Waals surface area contributed by atoms with E-state index < -0.39 is 0 Å². The number of hydrogen-bond acceptors (Lipinski definition) is 4. The molecule has 0 radical (unpaired) electrons. The van der Waals surface area contributed by atoms with Gasteiger partial charge in [0, 0.05) is 5.69 Å². The van der Waals surface area contributed by atoms with Crippen LogP contribution in [0.25, 0.3) is 10.9 Å². The Morgan fingerprint density at radius 3 is 2.73 bits per heavy atom. The van der Waals surface area contributed by atoms with Crippen molar-refractivity contribution in [1.29, 1.82) is 0 Å². The van der Waals surface area contributed by atoms with Gasteiger partial charge in [-0.2, -0.15) is 4.98 Å². The van der Waals surface area contributed by atoms with Crippen LogP contribution in [0.1, 0.15) is 25.3 Å². The predicted molar refractivity (Wildman–Crippen MR) is 88.6 cm³/mol. The predicted octanol–water partition coefficient (Wildman–Crippen LogP) is 4.27. The maximum absolute atomic E-state index is 12.1. The van der Waals surface area contributed by atoms with Crippen LogP contribution < -0.4 is 10.9 Å².